The third-order valence-electron chi connectivity index (χ3n) is 6.17. The maximum Gasteiger partial charge on any atom is 0.242 e. The molecule has 2 atom stereocenters. The van der Waals surface area contributed by atoms with Gasteiger partial charge in [-0.2, -0.15) is 0 Å². The Morgan fingerprint density at radius 2 is 1.81 bits per heavy atom. The molecule has 7 nitrogen and oxygen atoms in total. The lowest BCUT2D eigenvalue weighted by Crippen LogP contribution is -2.51. The molecule has 1 saturated carbocycles. The topological polar surface area (TPSA) is 87.7 Å². The predicted molar refractivity (Wildman–Crippen MR) is 120 cm³/mol. The van der Waals surface area contributed by atoms with Gasteiger partial charge in [0, 0.05) is 24.7 Å². The van der Waals surface area contributed by atoms with Crippen molar-refractivity contribution < 1.29 is 19.1 Å². The van der Waals surface area contributed by atoms with Crippen LogP contribution in [-0.2, 0) is 14.4 Å². The number of nitrogens with zero attached hydrogens (tertiary/aromatic N) is 1. The van der Waals surface area contributed by atoms with E-state index in [-0.39, 0.29) is 36.1 Å². The summed E-state index contributed by atoms with van der Waals surface area (Å²) in [7, 11) is 1.59. The monoisotopic (exact) mass is 429 g/mol. The van der Waals surface area contributed by atoms with Crippen LogP contribution in [0.1, 0.15) is 58.8 Å². The van der Waals surface area contributed by atoms with E-state index in [9.17, 15) is 14.4 Å². The molecule has 1 aliphatic carbocycles. The van der Waals surface area contributed by atoms with Gasteiger partial charge in [0.1, 0.15) is 11.8 Å². The van der Waals surface area contributed by atoms with Crippen LogP contribution in [0.5, 0.6) is 5.75 Å². The Kier molecular flexibility index (Phi) is 7.93. The molecule has 7 heteroatoms. The molecule has 170 valence electrons. The van der Waals surface area contributed by atoms with Gasteiger partial charge in [0.25, 0.3) is 0 Å². The van der Waals surface area contributed by atoms with Gasteiger partial charge in [0.15, 0.2) is 0 Å². The number of anilines is 1. The molecule has 0 unspecified atom stereocenters. The minimum atomic E-state index is -0.570. The van der Waals surface area contributed by atoms with Gasteiger partial charge < -0.3 is 20.3 Å². The molecular weight excluding hydrogens is 394 g/mol. The van der Waals surface area contributed by atoms with Crippen LogP contribution >= 0.6 is 0 Å². The second-order valence-electron chi connectivity index (χ2n) is 9.14. The molecule has 0 aromatic heterocycles. The smallest absolute Gasteiger partial charge is 0.242 e. The summed E-state index contributed by atoms with van der Waals surface area (Å²) in [5.74, 6) is 0.0943. The summed E-state index contributed by atoms with van der Waals surface area (Å²) in [6.45, 7) is 4.39. The number of amides is 3. The normalized spacial score (nSPS) is 20.6. The van der Waals surface area contributed by atoms with Crippen molar-refractivity contribution in [1.82, 2.24) is 10.6 Å². The minimum absolute atomic E-state index is 0.0858. The molecule has 1 heterocycles. The second-order valence-corrected chi connectivity index (χ2v) is 9.14. The number of carbonyl (C=O) groups is 3. The average molecular weight is 430 g/mol. The highest BCUT2D eigenvalue weighted by atomic mass is 16.5. The summed E-state index contributed by atoms with van der Waals surface area (Å²) in [6, 6.07) is 6.85. The van der Waals surface area contributed by atoms with Crippen LogP contribution in [0, 0.1) is 11.8 Å². The van der Waals surface area contributed by atoms with E-state index in [1.54, 1.807) is 24.1 Å². The molecule has 1 saturated heterocycles. The average Bonchev–Trinajstić information content (AvgIpc) is 3.15. The molecule has 0 spiro atoms. The lowest BCUT2D eigenvalue weighted by Gasteiger charge is -2.27. The van der Waals surface area contributed by atoms with E-state index < -0.39 is 12.0 Å². The van der Waals surface area contributed by atoms with Gasteiger partial charge >= 0.3 is 0 Å². The minimum Gasteiger partial charge on any atom is -0.497 e. The van der Waals surface area contributed by atoms with Crippen molar-refractivity contribution in [1.29, 1.82) is 0 Å². The van der Waals surface area contributed by atoms with Crippen molar-refractivity contribution >= 4 is 23.4 Å². The third kappa shape index (κ3) is 6.21. The van der Waals surface area contributed by atoms with Crippen molar-refractivity contribution in [3.05, 3.63) is 24.3 Å². The van der Waals surface area contributed by atoms with E-state index in [2.05, 4.69) is 10.6 Å². The summed E-state index contributed by atoms with van der Waals surface area (Å²) in [6.07, 6.45) is 6.22. The molecule has 2 fully saturated rings. The van der Waals surface area contributed by atoms with Crippen LogP contribution in [-0.4, -0.2) is 43.5 Å². The standard InChI is InChI=1S/C24H35N3O4/c1-16(2)13-21(24(30)25-18-7-5-4-6-8-18)26-23(29)17-14-22(28)27(15-17)19-9-11-20(31-3)12-10-19/h9-12,16-18,21H,4-8,13-15H2,1-3H3,(H,25,30)(H,26,29)/t17-,21-/m0/s1. The molecule has 31 heavy (non-hydrogen) atoms. The fraction of sp³-hybridized carbons (Fsp3) is 0.625. The van der Waals surface area contributed by atoms with Crippen molar-refractivity contribution in [2.45, 2.75) is 70.9 Å². The van der Waals surface area contributed by atoms with Gasteiger partial charge in [0.05, 0.1) is 13.0 Å². The third-order valence-corrected chi connectivity index (χ3v) is 6.17. The molecule has 3 rings (SSSR count). The van der Waals surface area contributed by atoms with Crippen molar-refractivity contribution in [2.75, 3.05) is 18.6 Å². The zero-order valence-corrected chi connectivity index (χ0v) is 18.9. The van der Waals surface area contributed by atoms with Gasteiger partial charge in [-0.05, 0) is 49.4 Å². The zero-order valence-electron chi connectivity index (χ0n) is 18.9. The highest BCUT2D eigenvalue weighted by Crippen LogP contribution is 2.27. The van der Waals surface area contributed by atoms with E-state index in [0.717, 1.165) is 31.4 Å². The number of nitrogens with one attached hydrogen (secondary N) is 2. The van der Waals surface area contributed by atoms with Gasteiger partial charge in [-0.1, -0.05) is 33.1 Å². The predicted octanol–water partition coefficient (Wildman–Crippen LogP) is 3.03. The first-order valence-electron chi connectivity index (χ1n) is 11.4. The number of hydrogen-bond acceptors (Lipinski definition) is 4. The molecule has 1 aromatic carbocycles. The molecule has 2 N–H and O–H groups in total. The summed E-state index contributed by atoms with van der Waals surface area (Å²) in [4.78, 5) is 40.0. The summed E-state index contributed by atoms with van der Waals surface area (Å²) >= 11 is 0. The van der Waals surface area contributed by atoms with Gasteiger partial charge in [0.2, 0.25) is 17.7 Å². The van der Waals surface area contributed by atoms with Gasteiger partial charge in [-0.15, -0.1) is 0 Å². The molecular formula is C24H35N3O4. The number of rotatable bonds is 8. The number of benzene rings is 1. The molecule has 0 bridgehead atoms. The first-order chi connectivity index (χ1) is 14.9. The van der Waals surface area contributed by atoms with E-state index in [4.69, 9.17) is 4.74 Å². The number of carbonyl (C=O) groups excluding carboxylic acids is 3. The Hall–Kier alpha value is -2.57. The fourth-order valence-electron chi connectivity index (χ4n) is 4.44. The lowest BCUT2D eigenvalue weighted by molar-refractivity contribution is -0.132. The highest BCUT2D eigenvalue weighted by Gasteiger charge is 2.37. The van der Waals surface area contributed by atoms with Crippen LogP contribution in [0.4, 0.5) is 5.69 Å². The van der Waals surface area contributed by atoms with Crippen molar-refractivity contribution in [3.8, 4) is 5.75 Å². The SMILES string of the molecule is COc1ccc(N2C[C@@H](C(=O)N[C@@H](CC(C)C)C(=O)NC3CCCCC3)CC2=O)cc1. The molecule has 1 aromatic rings. The lowest BCUT2D eigenvalue weighted by atomic mass is 9.94. The van der Waals surface area contributed by atoms with Crippen LogP contribution < -0.4 is 20.3 Å². The van der Waals surface area contributed by atoms with Crippen LogP contribution in [0.3, 0.4) is 0 Å². The van der Waals surface area contributed by atoms with E-state index in [1.807, 2.05) is 26.0 Å². The Balaban J connectivity index is 1.61. The van der Waals surface area contributed by atoms with E-state index in [0.29, 0.717) is 18.7 Å². The Morgan fingerprint density at radius 1 is 1.13 bits per heavy atom. The number of ether oxygens (including phenoxy) is 1. The Morgan fingerprint density at radius 3 is 2.42 bits per heavy atom. The largest absolute Gasteiger partial charge is 0.497 e. The fourth-order valence-corrected chi connectivity index (χ4v) is 4.44. The quantitative estimate of drug-likeness (QED) is 0.665. The van der Waals surface area contributed by atoms with Crippen molar-refractivity contribution in [3.63, 3.8) is 0 Å². The highest BCUT2D eigenvalue weighted by molar-refractivity contribution is 6.01. The first kappa shape index (κ1) is 23.1. The second kappa shape index (κ2) is 10.6. The molecule has 2 aliphatic rings. The summed E-state index contributed by atoms with van der Waals surface area (Å²) < 4.78 is 5.16. The van der Waals surface area contributed by atoms with Gasteiger partial charge in [-0.25, -0.2) is 0 Å². The molecule has 0 radical (unpaired) electrons. The van der Waals surface area contributed by atoms with E-state index in [1.165, 1.54) is 6.42 Å². The van der Waals surface area contributed by atoms with Crippen LogP contribution in [0.25, 0.3) is 0 Å². The Bertz CT molecular complexity index is 772. The van der Waals surface area contributed by atoms with E-state index >= 15 is 0 Å². The van der Waals surface area contributed by atoms with Gasteiger partial charge in [-0.3, -0.25) is 14.4 Å². The maximum atomic E-state index is 13.0. The Labute approximate surface area is 184 Å². The maximum absolute atomic E-state index is 13.0. The van der Waals surface area contributed by atoms with Crippen molar-refractivity contribution in [2.24, 2.45) is 11.8 Å². The number of methoxy groups -OCH3 is 1. The first-order valence-corrected chi connectivity index (χ1v) is 11.4. The van der Waals surface area contributed by atoms with Crippen LogP contribution in [0.15, 0.2) is 24.3 Å². The molecule has 3 amide bonds. The summed E-state index contributed by atoms with van der Waals surface area (Å²) in [5.41, 5.74) is 0.745. The van der Waals surface area contributed by atoms with Crippen LogP contribution in [0.2, 0.25) is 0 Å². The molecule has 1 aliphatic heterocycles. The number of hydrogen-bond donors (Lipinski definition) is 2. The summed E-state index contributed by atoms with van der Waals surface area (Å²) in [5, 5.41) is 6.07. The zero-order chi connectivity index (χ0) is 22.4.